The van der Waals surface area contributed by atoms with E-state index in [-0.39, 0.29) is 17.7 Å². The fourth-order valence-corrected chi connectivity index (χ4v) is 3.17. The van der Waals surface area contributed by atoms with Crippen molar-refractivity contribution in [3.05, 3.63) is 70.8 Å². The molecule has 25 heavy (non-hydrogen) atoms. The number of nitrogens with one attached hydrogen (secondary N) is 1. The number of sulfonamides is 1. The van der Waals surface area contributed by atoms with Crippen LogP contribution in [0.3, 0.4) is 0 Å². The van der Waals surface area contributed by atoms with E-state index in [1.165, 1.54) is 5.56 Å². The van der Waals surface area contributed by atoms with Gasteiger partial charge in [0.05, 0.1) is 11.8 Å². The molecule has 0 radical (unpaired) electrons. The lowest BCUT2D eigenvalue weighted by atomic mass is 9.99. The predicted octanol–water partition coefficient (Wildman–Crippen LogP) is 3.09. The van der Waals surface area contributed by atoms with Gasteiger partial charge in [-0.05, 0) is 41.7 Å². The third-order valence-electron chi connectivity index (χ3n) is 4.03. The van der Waals surface area contributed by atoms with Crippen LogP contribution in [0, 0.1) is 0 Å². The lowest BCUT2D eigenvalue weighted by Gasteiger charge is -2.16. The van der Waals surface area contributed by atoms with Gasteiger partial charge in [-0.1, -0.05) is 50.2 Å². The van der Waals surface area contributed by atoms with Crippen molar-refractivity contribution in [2.45, 2.75) is 38.5 Å². The highest BCUT2D eigenvalue weighted by Gasteiger charge is 2.12. The standard InChI is InChI=1S/C19H24N2O3S/c1-13(2)16-8-10-17(11-9-16)14(3)21-19(22)18-6-4-15(5-7-18)12-25(20,23)24/h4-11,13-14H,12H2,1-3H3,(H,21,22)(H2,20,23,24)/t14-/m1/s1. The Hall–Kier alpha value is -2.18. The van der Waals surface area contributed by atoms with Gasteiger partial charge >= 0.3 is 0 Å². The molecule has 0 saturated heterocycles. The van der Waals surface area contributed by atoms with Gasteiger partial charge in [-0.25, -0.2) is 13.6 Å². The summed E-state index contributed by atoms with van der Waals surface area (Å²) in [5.41, 5.74) is 3.32. The third-order valence-corrected chi connectivity index (χ3v) is 4.77. The van der Waals surface area contributed by atoms with Gasteiger partial charge in [0.1, 0.15) is 0 Å². The summed E-state index contributed by atoms with van der Waals surface area (Å²) in [5, 5.41) is 7.96. The van der Waals surface area contributed by atoms with Crippen LogP contribution in [0.1, 0.15) is 59.8 Å². The molecule has 0 spiro atoms. The highest BCUT2D eigenvalue weighted by atomic mass is 32.2. The van der Waals surface area contributed by atoms with Gasteiger partial charge in [-0.3, -0.25) is 4.79 Å². The largest absolute Gasteiger partial charge is 0.346 e. The minimum Gasteiger partial charge on any atom is -0.346 e. The summed E-state index contributed by atoms with van der Waals surface area (Å²) in [7, 11) is -3.58. The lowest BCUT2D eigenvalue weighted by molar-refractivity contribution is 0.0940. The number of rotatable bonds is 6. The first-order valence-corrected chi connectivity index (χ1v) is 9.87. The van der Waals surface area contributed by atoms with Gasteiger partial charge in [-0.2, -0.15) is 0 Å². The van der Waals surface area contributed by atoms with Gasteiger partial charge in [-0.15, -0.1) is 0 Å². The fourth-order valence-electron chi connectivity index (χ4n) is 2.52. The van der Waals surface area contributed by atoms with E-state index in [1.54, 1.807) is 24.3 Å². The van der Waals surface area contributed by atoms with Gasteiger partial charge < -0.3 is 5.32 Å². The zero-order valence-corrected chi connectivity index (χ0v) is 15.5. The molecule has 2 aromatic rings. The quantitative estimate of drug-likeness (QED) is 0.829. The Labute approximate surface area is 149 Å². The molecule has 5 nitrogen and oxygen atoms in total. The van der Waals surface area contributed by atoms with E-state index in [1.807, 2.05) is 19.1 Å². The van der Waals surface area contributed by atoms with Crippen molar-refractivity contribution in [2.75, 3.05) is 0 Å². The van der Waals surface area contributed by atoms with Crippen LogP contribution >= 0.6 is 0 Å². The lowest BCUT2D eigenvalue weighted by Crippen LogP contribution is -2.26. The molecule has 2 rings (SSSR count). The van der Waals surface area contributed by atoms with Gasteiger partial charge in [0.25, 0.3) is 5.91 Å². The van der Waals surface area contributed by atoms with Gasteiger partial charge in [0.2, 0.25) is 10.0 Å². The Morgan fingerprint density at radius 1 is 0.960 bits per heavy atom. The van der Waals surface area contributed by atoms with Crippen molar-refractivity contribution in [1.82, 2.24) is 5.32 Å². The molecular formula is C19H24N2O3S. The highest BCUT2D eigenvalue weighted by molar-refractivity contribution is 7.88. The molecule has 0 aliphatic rings. The molecule has 0 bridgehead atoms. The minimum absolute atomic E-state index is 0.127. The molecule has 2 aromatic carbocycles. The topological polar surface area (TPSA) is 89.3 Å². The zero-order chi connectivity index (χ0) is 18.6. The summed E-state index contributed by atoms with van der Waals surface area (Å²) < 4.78 is 22.2. The third kappa shape index (κ3) is 5.69. The number of carbonyl (C=O) groups is 1. The van der Waals surface area contributed by atoms with E-state index in [2.05, 4.69) is 31.3 Å². The van der Waals surface area contributed by atoms with Crippen LogP contribution < -0.4 is 10.5 Å². The Balaban J connectivity index is 2.03. The molecule has 6 heteroatoms. The molecule has 0 aromatic heterocycles. The molecule has 134 valence electrons. The normalized spacial score (nSPS) is 12.8. The van der Waals surface area contributed by atoms with Gasteiger partial charge in [0.15, 0.2) is 0 Å². The first-order valence-electron chi connectivity index (χ1n) is 8.16. The van der Waals surface area contributed by atoms with Crippen molar-refractivity contribution in [3.63, 3.8) is 0 Å². The fraction of sp³-hybridized carbons (Fsp3) is 0.316. The SMILES string of the molecule is CC(C)c1ccc([C@@H](C)NC(=O)c2ccc(CS(N)(=O)=O)cc2)cc1. The Morgan fingerprint density at radius 2 is 1.48 bits per heavy atom. The second-order valence-electron chi connectivity index (χ2n) is 6.52. The number of carbonyl (C=O) groups excluding carboxylic acids is 1. The number of nitrogens with two attached hydrogens (primary N) is 1. The number of primary sulfonamides is 1. The van der Waals surface area contributed by atoms with Crippen LogP contribution in [0.25, 0.3) is 0 Å². The van der Waals surface area contributed by atoms with Crippen molar-refractivity contribution in [3.8, 4) is 0 Å². The predicted molar refractivity (Wildman–Crippen MR) is 99.7 cm³/mol. The first kappa shape index (κ1) is 19.1. The van der Waals surface area contributed by atoms with Crippen molar-refractivity contribution >= 4 is 15.9 Å². The maximum Gasteiger partial charge on any atom is 0.251 e. The van der Waals surface area contributed by atoms with E-state index < -0.39 is 10.0 Å². The van der Waals surface area contributed by atoms with Crippen molar-refractivity contribution in [1.29, 1.82) is 0 Å². The summed E-state index contributed by atoms with van der Waals surface area (Å²) in [6.45, 7) is 6.21. The molecule has 0 aliphatic carbocycles. The Bertz CT molecular complexity index is 826. The summed E-state index contributed by atoms with van der Waals surface area (Å²) in [6.07, 6.45) is 0. The van der Waals surface area contributed by atoms with E-state index in [0.717, 1.165) is 5.56 Å². The first-order chi connectivity index (χ1) is 11.7. The number of hydrogen-bond acceptors (Lipinski definition) is 3. The van der Waals surface area contributed by atoms with E-state index in [0.29, 0.717) is 17.0 Å². The molecule has 1 atom stereocenters. The van der Waals surface area contributed by atoms with Crippen LogP contribution in [-0.4, -0.2) is 14.3 Å². The molecule has 0 saturated carbocycles. The second kappa shape index (κ2) is 7.80. The summed E-state index contributed by atoms with van der Waals surface area (Å²) in [6, 6.07) is 14.5. The highest BCUT2D eigenvalue weighted by Crippen LogP contribution is 2.19. The van der Waals surface area contributed by atoms with E-state index >= 15 is 0 Å². The zero-order valence-electron chi connectivity index (χ0n) is 14.7. The van der Waals surface area contributed by atoms with E-state index in [9.17, 15) is 13.2 Å². The van der Waals surface area contributed by atoms with Crippen molar-refractivity contribution < 1.29 is 13.2 Å². The Morgan fingerprint density at radius 3 is 1.96 bits per heavy atom. The smallest absolute Gasteiger partial charge is 0.251 e. The molecule has 0 heterocycles. The van der Waals surface area contributed by atoms with Crippen LogP contribution in [0.5, 0.6) is 0 Å². The van der Waals surface area contributed by atoms with Crippen LogP contribution in [0.15, 0.2) is 48.5 Å². The summed E-state index contributed by atoms with van der Waals surface area (Å²) >= 11 is 0. The van der Waals surface area contributed by atoms with Crippen molar-refractivity contribution in [2.24, 2.45) is 5.14 Å². The Kier molecular flexibility index (Phi) is 5.98. The molecule has 0 aliphatic heterocycles. The molecule has 1 amide bonds. The van der Waals surface area contributed by atoms with Crippen LogP contribution in [0.4, 0.5) is 0 Å². The summed E-state index contributed by atoms with van der Waals surface area (Å²) in [4.78, 5) is 12.3. The van der Waals surface area contributed by atoms with Crippen LogP contribution in [0.2, 0.25) is 0 Å². The molecule has 0 fully saturated rings. The van der Waals surface area contributed by atoms with E-state index in [4.69, 9.17) is 5.14 Å². The monoisotopic (exact) mass is 360 g/mol. The maximum atomic E-state index is 12.3. The molecule has 3 N–H and O–H groups in total. The minimum atomic E-state index is -3.58. The maximum absolute atomic E-state index is 12.3. The average molecular weight is 360 g/mol. The number of hydrogen-bond donors (Lipinski definition) is 2. The number of amides is 1. The van der Waals surface area contributed by atoms with Crippen LogP contribution in [-0.2, 0) is 15.8 Å². The average Bonchev–Trinajstić information content (AvgIpc) is 2.54. The van der Waals surface area contributed by atoms with Gasteiger partial charge in [0, 0.05) is 5.56 Å². The summed E-state index contributed by atoms with van der Waals surface area (Å²) in [5.74, 6) is 0.0189. The second-order valence-corrected chi connectivity index (χ2v) is 8.14. The molecule has 0 unspecified atom stereocenters. The number of benzene rings is 2. The molecular weight excluding hydrogens is 336 g/mol.